The zero-order valence-electron chi connectivity index (χ0n) is 17.0. The SMILES string of the molecule is CN=C(NCCCCOCCOC)N1CCc2cc(OC)c(OC)cc2C1. The molecule has 0 saturated carbocycles. The van der Waals surface area contributed by atoms with Crippen LogP contribution in [0, 0.1) is 0 Å². The molecular formula is C20H33N3O4. The monoisotopic (exact) mass is 379 g/mol. The van der Waals surface area contributed by atoms with Crippen LogP contribution in [0.4, 0.5) is 0 Å². The Bertz CT molecular complexity index is 607. The Morgan fingerprint density at radius 1 is 1.04 bits per heavy atom. The van der Waals surface area contributed by atoms with Gasteiger partial charge in [-0.25, -0.2) is 0 Å². The summed E-state index contributed by atoms with van der Waals surface area (Å²) in [7, 11) is 6.86. The summed E-state index contributed by atoms with van der Waals surface area (Å²) in [5, 5.41) is 3.46. The Labute approximate surface area is 162 Å². The van der Waals surface area contributed by atoms with Crippen LogP contribution in [0.3, 0.4) is 0 Å². The van der Waals surface area contributed by atoms with Crippen LogP contribution in [0.5, 0.6) is 11.5 Å². The summed E-state index contributed by atoms with van der Waals surface area (Å²) in [6.07, 6.45) is 3.03. The largest absolute Gasteiger partial charge is 0.493 e. The Hall–Kier alpha value is -1.99. The molecule has 0 unspecified atom stereocenters. The Kier molecular flexibility index (Phi) is 9.21. The van der Waals surface area contributed by atoms with Gasteiger partial charge in [-0.05, 0) is 42.5 Å². The van der Waals surface area contributed by atoms with Gasteiger partial charge in [-0.2, -0.15) is 0 Å². The minimum Gasteiger partial charge on any atom is -0.493 e. The highest BCUT2D eigenvalue weighted by Crippen LogP contribution is 2.33. The normalized spacial score (nSPS) is 14.1. The molecule has 0 amide bonds. The molecule has 0 atom stereocenters. The molecule has 1 aliphatic rings. The highest BCUT2D eigenvalue weighted by atomic mass is 16.5. The predicted octanol–water partition coefficient (Wildman–Crippen LogP) is 2.08. The maximum absolute atomic E-state index is 5.49. The van der Waals surface area contributed by atoms with Crippen LogP contribution in [0.1, 0.15) is 24.0 Å². The van der Waals surface area contributed by atoms with Crippen molar-refractivity contribution in [1.29, 1.82) is 0 Å². The van der Waals surface area contributed by atoms with Crippen LogP contribution in [-0.4, -0.2) is 72.1 Å². The number of ether oxygens (including phenoxy) is 4. The molecule has 1 aromatic rings. The molecule has 27 heavy (non-hydrogen) atoms. The average molecular weight is 380 g/mol. The van der Waals surface area contributed by atoms with Gasteiger partial charge in [0.05, 0.1) is 27.4 Å². The molecule has 1 aromatic carbocycles. The first-order valence-electron chi connectivity index (χ1n) is 9.49. The summed E-state index contributed by atoms with van der Waals surface area (Å²) in [6, 6.07) is 4.16. The highest BCUT2D eigenvalue weighted by Gasteiger charge is 2.21. The smallest absolute Gasteiger partial charge is 0.193 e. The van der Waals surface area contributed by atoms with Crippen LogP contribution in [0.15, 0.2) is 17.1 Å². The first-order chi connectivity index (χ1) is 13.2. The Morgan fingerprint density at radius 3 is 2.44 bits per heavy atom. The van der Waals surface area contributed by atoms with Gasteiger partial charge in [0.25, 0.3) is 0 Å². The first-order valence-corrected chi connectivity index (χ1v) is 9.49. The van der Waals surface area contributed by atoms with E-state index in [4.69, 9.17) is 18.9 Å². The number of fused-ring (bicyclic) bond motifs is 1. The van der Waals surface area contributed by atoms with E-state index in [1.807, 2.05) is 7.05 Å². The number of unbranched alkanes of at least 4 members (excludes halogenated alkanes) is 1. The minimum atomic E-state index is 0.651. The second kappa shape index (κ2) is 11.7. The van der Waals surface area contributed by atoms with Gasteiger partial charge in [0.15, 0.2) is 17.5 Å². The van der Waals surface area contributed by atoms with E-state index in [0.29, 0.717) is 13.2 Å². The van der Waals surface area contributed by atoms with E-state index < -0.39 is 0 Å². The highest BCUT2D eigenvalue weighted by molar-refractivity contribution is 5.80. The standard InChI is InChI=1S/C20H33N3O4/c1-21-20(22-8-5-6-10-27-12-11-24-2)23-9-7-16-13-18(25-3)19(26-4)14-17(16)15-23/h13-14H,5-12,15H2,1-4H3,(H,21,22). The van der Waals surface area contributed by atoms with Crippen molar-refractivity contribution in [3.8, 4) is 11.5 Å². The van der Waals surface area contributed by atoms with Crippen LogP contribution >= 0.6 is 0 Å². The van der Waals surface area contributed by atoms with Gasteiger partial charge in [0, 0.05) is 40.4 Å². The van der Waals surface area contributed by atoms with E-state index in [0.717, 1.165) is 63.0 Å². The fourth-order valence-corrected chi connectivity index (χ4v) is 3.17. The van der Waals surface area contributed by atoms with Gasteiger partial charge in [-0.3, -0.25) is 4.99 Å². The fourth-order valence-electron chi connectivity index (χ4n) is 3.17. The van der Waals surface area contributed by atoms with Crippen molar-refractivity contribution >= 4 is 5.96 Å². The second-order valence-electron chi connectivity index (χ2n) is 6.43. The molecule has 0 saturated heterocycles. The van der Waals surface area contributed by atoms with Crippen molar-refractivity contribution in [1.82, 2.24) is 10.2 Å². The van der Waals surface area contributed by atoms with Crippen molar-refractivity contribution < 1.29 is 18.9 Å². The van der Waals surface area contributed by atoms with Crippen molar-refractivity contribution in [2.75, 3.05) is 61.3 Å². The molecule has 7 heteroatoms. The molecular weight excluding hydrogens is 346 g/mol. The second-order valence-corrected chi connectivity index (χ2v) is 6.43. The molecule has 1 heterocycles. The number of guanidine groups is 1. The molecule has 0 spiro atoms. The summed E-state index contributed by atoms with van der Waals surface area (Å²) < 4.78 is 21.3. The number of benzene rings is 1. The quantitative estimate of drug-likeness (QED) is 0.381. The molecule has 7 nitrogen and oxygen atoms in total. The Morgan fingerprint density at radius 2 is 1.78 bits per heavy atom. The lowest BCUT2D eigenvalue weighted by Crippen LogP contribution is -2.44. The summed E-state index contributed by atoms with van der Waals surface area (Å²) >= 11 is 0. The van der Waals surface area contributed by atoms with Gasteiger partial charge in [0.1, 0.15) is 0 Å². The van der Waals surface area contributed by atoms with E-state index in [-0.39, 0.29) is 0 Å². The number of rotatable bonds is 10. The molecule has 152 valence electrons. The zero-order chi connectivity index (χ0) is 19.5. The van der Waals surface area contributed by atoms with Gasteiger partial charge >= 0.3 is 0 Å². The molecule has 0 aliphatic carbocycles. The summed E-state index contributed by atoms with van der Waals surface area (Å²) in [6.45, 7) is 4.71. The minimum absolute atomic E-state index is 0.651. The molecule has 0 bridgehead atoms. The lowest BCUT2D eigenvalue weighted by Gasteiger charge is -2.32. The van der Waals surface area contributed by atoms with Crippen LogP contribution in [0.2, 0.25) is 0 Å². The summed E-state index contributed by atoms with van der Waals surface area (Å²) in [5.74, 6) is 2.50. The third-order valence-corrected chi connectivity index (χ3v) is 4.66. The summed E-state index contributed by atoms with van der Waals surface area (Å²) in [5.41, 5.74) is 2.57. The maximum atomic E-state index is 5.49. The van der Waals surface area contributed by atoms with Gasteiger partial charge in [0.2, 0.25) is 0 Å². The fraction of sp³-hybridized carbons (Fsp3) is 0.650. The molecule has 0 radical (unpaired) electrons. The van der Waals surface area contributed by atoms with Crippen molar-refractivity contribution in [3.63, 3.8) is 0 Å². The first kappa shape index (κ1) is 21.3. The topological polar surface area (TPSA) is 64.6 Å². The van der Waals surface area contributed by atoms with E-state index in [2.05, 4.69) is 27.3 Å². The summed E-state index contributed by atoms with van der Waals surface area (Å²) in [4.78, 5) is 6.73. The lowest BCUT2D eigenvalue weighted by molar-refractivity contribution is 0.0689. The number of methoxy groups -OCH3 is 3. The van der Waals surface area contributed by atoms with Crippen molar-refractivity contribution in [2.24, 2.45) is 4.99 Å². The van der Waals surface area contributed by atoms with E-state index in [1.54, 1.807) is 21.3 Å². The van der Waals surface area contributed by atoms with Crippen LogP contribution in [0.25, 0.3) is 0 Å². The van der Waals surface area contributed by atoms with E-state index >= 15 is 0 Å². The van der Waals surface area contributed by atoms with Crippen LogP contribution in [-0.2, 0) is 22.4 Å². The predicted molar refractivity (Wildman–Crippen MR) is 107 cm³/mol. The maximum Gasteiger partial charge on any atom is 0.193 e. The molecule has 1 aliphatic heterocycles. The number of aliphatic imine (C=N–C) groups is 1. The molecule has 1 N–H and O–H groups in total. The van der Waals surface area contributed by atoms with Gasteiger partial charge in [-0.1, -0.05) is 0 Å². The molecule has 0 fully saturated rings. The van der Waals surface area contributed by atoms with Crippen molar-refractivity contribution in [2.45, 2.75) is 25.8 Å². The molecule has 2 rings (SSSR count). The zero-order valence-corrected chi connectivity index (χ0v) is 17.0. The Balaban J connectivity index is 1.82. The molecule has 0 aromatic heterocycles. The van der Waals surface area contributed by atoms with Gasteiger partial charge < -0.3 is 29.2 Å². The average Bonchev–Trinajstić information content (AvgIpc) is 2.71. The van der Waals surface area contributed by atoms with Crippen molar-refractivity contribution in [3.05, 3.63) is 23.3 Å². The lowest BCUT2D eigenvalue weighted by atomic mass is 9.99. The van der Waals surface area contributed by atoms with Crippen LogP contribution < -0.4 is 14.8 Å². The number of nitrogens with one attached hydrogen (secondary N) is 1. The van der Waals surface area contributed by atoms with E-state index in [9.17, 15) is 0 Å². The third kappa shape index (κ3) is 6.29. The number of hydrogen-bond donors (Lipinski definition) is 1. The van der Waals surface area contributed by atoms with E-state index in [1.165, 1.54) is 11.1 Å². The third-order valence-electron chi connectivity index (χ3n) is 4.66. The number of hydrogen-bond acceptors (Lipinski definition) is 5. The van der Waals surface area contributed by atoms with Gasteiger partial charge in [-0.15, -0.1) is 0 Å². The number of nitrogens with zero attached hydrogens (tertiary/aromatic N) is 2.